The van der Waals surface area contributed by atoms with Crippen molar-refractivity contribution in [1.82, 2.24) is 5.32 Å². The first-order valence-electron chi connectivity index (χ1n) is 8.03. The van der Waals surface area contributed by atoms with Crippen LogP contribution in [0.4, 0.5) is 0 Å². The predicted octanol–water partition coefficient (Wildman–Crippen LogP) is 3.15. The fraction of sp³-hybridized carbons (Fsp3) is 0.250. The molecule has 0 unspecified atom stereocenters. The molecule has 2 N–H and O–H groups in total. The highest BCUT2D eigenvalue weighted by atomic mass is 16.4. The molecule has 0 saturated carbocycles. The molecule has 0 atom stereocenters. The molecule has 0 bridgehead atoms. The van der Waals surface area contributed by atoms with Crippen molar-refractivity contribution >= 4 is 17.7 Å². The molecule has 1 amide bonds. The third kappa shape index (κ3) is 4.53. The molecule has 25 heavy (non-hydrogen) atoms. The Hall–Kier alpha value is -2.95. The number of carboxylic acid groups (broad SMARTS) is 1. The molecule has 2 rings (SSSR count). The molecule has 0 heterocycles. The van der Waals surface area contributed by atoms with Gasteiger partial charge in [-0.3, -0.25) is 14.4 Å². The van der Waals surface area contributed by atoms with Crippen LogP contribution in [0, 0.1) is 5.41 Å². The summed E-state index contributed by atoms with van der Waals surface area (Å²) in [6, 6.07) is 15.4. The van der Waals surface area contributed by atoms with Crippen LogP contribution in [0.5, 0.6) is 0 Å². The van der Waals surface area contributed by atoms with Gasteiger partial charge in [0.2, 0.25) is 0 Å². The van der Waals surface area contributed by atoms with Gasteiger partial charge in [0.25, 0.3) is 5.91 Å². The van der Waals surface area contributed by atoms with E-state index in [1.807, 2.05) is 6.07 Å². The summed E-state index contributed by atoms with van der Waals surface area (Å²) in [4.78, 5) is 36.2. The fourth-order valence-corrected chi connectivity index (χ4v) is 2.31. The number of benzene rings is 2. The average Bonchev–Trinajstić information content (AvgIpc) is 2.61. The van der Waals surface area contributed by atoms with Crippen molar-refractivity contribution in [3.05, 3.63) is 71.3 Å². The molecule has 5 nitrogen and oxygen atoms in total. The average molecular weight is 339 g/mol. The number of hydrogen-bond acceptors (Lipinski definition) is 3. The summed E-state index contributed by atoms with van der Waals surface area (Å²) in [6.07, 6.45) is 0.295. The lowest BCUT2D eigenvalue weighted by molar-refractivity contribution is -0.147. The molecular weight excluding hydrogens is 318 g/mol. The highest BCUT2D eigenvalue weighted by Gasteiger charge is 2.27. The summed E-state index contributed by atoms with van der Waals surface area (Å²) < 4.78 is 0. The van der Waals surface area contributed by atoms with E-state index in [0.29, 0.717) is 17.5 Å². The van der Waals surface area contributed by atoms with E-state index in [9.17, 15) is 14.4 Å². The van der Waals surface area contributed by atoms with Gasteiger partial charge in [-0.1, -0.05) is 48.5 Å². The van der Waals surface area contributed by atoms with Crippen LogP contribution >= 0.6 is 0 Å². The van der Waals surface area contributed by atoms with Gasteiger partial charge in [0, 0.05) is 17.7 Å². The molecule has 0 aliphatic heterocycles. The van der Waals surface area contributed by atoms with Gasteiger partial charge in [-0.15, -0.1) is 0 Å². The lowest BCUT2D eigenvalue weighted by atomic mass is 9.89. The summed E-state index contributed by atoms with van der Waals surface area (Å²) in [7, 11) is 0. The lowest BCUT2D eigenvalue weighted by Crippen LogP contribution is -2.32. The van der Waals surface area contributed by atoms with Crippen LogP contribution in [0.15, 0.2) is 54.6 Å². The van der Waals surface area contributed by atoms with Crippen LogP contribution in [0.25, 0.3) is 0 Å². The number of carboxylic acids is 1. The van der Waals surface area contributed by atoms with Crippen molar-refractivity contribution < 1.29 is 19.5 Å². The van der Waals surface area contributed by atoms with E-state index in [-0.39, 0.29) is 23.8 Å². The van der Waals surface area contributed by atoms with Crippen molar-refractivity contribution in [3.63, 3.8) is 0 Å². The Labute approximate surface area is 146 Å². The fourth-order valence-electron chi connectivity index (χ4n) is 2.31. The van der Waals surface area contributed by atoms with Crippen LogP contribution in [-0.4, -0.2) is 29.3 Å². The van der Waals surface area contributed by atoms with Crippen molar-refractivity contribution in [2.75, 3.05) is 6.54 Å². The Kier molecular flexibility index (Phi) is 5.70. The number of amides is 1. The Bertz CT molecular complexity index is 781. The summed E-state index contributed by atoms with van der Waals surface area (Å²) in [5.41, 5.74) is 0.190. The standard InChI is InChI=1S/C20H21NO4/c1-20(2,19(24)25)12-13-21-18(23)16-11-7-6-10-15(16)17(22)14-8-4-3-5-9-14/h3-11H,12-13H2,1-2H3,(H,21,23)(H,24,25). The molecular formula is C20H21NO4. The van der Waals surface area contributed by atoms with Gasteiger partial charge in [-0.2, -0.15) is 0 Å². The number of carbonyl (C=O) groups is 3. The minimum absolute atomic E-state index is 0.214. The summed E-state index contributed by atoms with van der Waals surface area (Å²) >= 11 is 0. The van der Waals surface area contributed by atoms with Crippen molar-refractivity contribution in [3.8, 4) is 0 Å². The van der Waals surface area contributed by atoms with Gasteiger partial charge in [0.15, 0.2) is 5.78 Å². The molecule has 0 fully saturated rings. The third-order valence-corrected chi connectivity index (χ3v) is 4.07. The number of carbonyl (C=O) groups excluding carboxylic acids is 2. The van der Waals surface area contributed by atoms with Crippen LogP contribution < -0.4 is 5.32 Å². The highest BCUT2D eigenvalue weighted by molar-refractivity contribution is 6.15. The Morgan fingerprint density at radius 1 is 0.920 bits per heavy atom. The summed E-state index contributed by atoms with van der Waals surface area (Å²) in [5.74, 6) is -1.53. The summed E-state index contributed by atoms with van der Waals surface area (Å²) in [5, 5.41) is 11.8. The second-order valence-corrected chi connectivity index (χ2v) is 6.44. The minimum atomic E-state index is -0.924. The van der Waals surface area contributed by atoms with E-state index in [0.717, 1.165) is 0 Å². The van der Waals surface area contributed by atoms with Gasteiger partial charge in [-0.05, 0) is 26.3 Å². The third-order valence-electron chi connectivity index (χ3n) is 4.07. The molecule has 2 aromatic rings. The highest BCUT2D eigenvalue weighted by Crippen LogP contribution is 2.20. The lowest BCUT2D eigenvalue weighted by Gasteiger charge is -2.19. The van der Waals surface area contributed by atoms with Gasteiger partial charge in [-0.25, -0.2) is 0 Å². The number of rotatable bonds is 7. The molecule has 0 radical (unpaired) electrons. The second-order valence-electron chi connectivity index (χ2n) is 6.44. The van der Waals surface area contributed by atoms with Gasteiger partial charge < -0.3 is 10.4 Å². The van der Waals surface area contributed by atoms with Crippen LogP contribution in [0.2, 0.25) is 0 Å². The second kappa shape index (κ2) is 7.75. The van der Waals surface area contributed by atoms with Crippen molar-refractivity contribution in [1.29, 1.82) is 0 Å². The largest absolute Gasteiger partial charge is 0.481 e. The van der Waals surface area contributed by atoms with E-state index in [4.69, 9.17) is 5.11 Å². The number of nitrogens with one attached hydrogen (secondary N) is 1. The SMILES string of the molecule is CC(C)(CCNC(=O)c1ccccc1C(=O)c1ccccc1)C(=O)O. The molecule has 0 aliphatic carbocycles. The Morgan fingerprint density at radius 3 is 2.08 bits per heavy atom. The molecule has 0 spiro atoms. The smallest absolute Gasteiger partial charge is 0.309 e. The molecule has 130 valence electrons. The zero-order chi connectivity index (χ0) is 18.4. The van der Waals surface area contributed by atoms with Gasteiger partial charge >= 0.3 is 5.97 Å². The van der Waals surface area contributed by atoms with E-state index < -0.39 is 11.4 Å². The van der Waals surface area contributed by atoms with Crippen molar-refractivity contribution in [2.24, 2.45) is 5.41 Å². The van der Waals surface area contributed by atoms with E-state index in [2.05, 4.69) is 5.32 Å². The predicted molar refractivity (Wildman–Crippen MR) is 94.7 cm³/mol. The number of ketones is 1. The monoisotopic (exact) mass is 339 g/mol. The first kappa shape index (κ1) is 18.4. The van der Waals surface area contributed by atoms with E-state index in [1.54, 1.807) is 62.4 Å². The first-order chi connectivity index (χ1) is 11.8. The molecule has 0 aromatic heterocycles. The van der Waals surface area contributed by atoms with Gasteiger partial charge in [0.1, 0.15) is 0 Å². The topological polar surface area (TPSA) is 83.5 Å². The normalized spacial score (nSPS) is 11.0. The minimum Gasteiger partial charge on any atom is -0.481 e. The molecule has 5 heteroatoms. The van der Waals surface area contributed by atoms with Crippen LogP contribution in [0.3, 0.4) is 0 Å². The summed E-state index contributed by atoms with van der Waals surface area (Å²) in [6.45, 7) is 3.43. The van der Waals surface area contributed by atoms with Gasteiger partial charge in [0.05, 0.1) is 11.0 Å². The van der Waals surface area contributed by atoms with E-state index in [1.165, 1.54) is 0 Å². The Balaban J connectivity index is 2.13. The van der Waals surface area contributed by atoms with Crippen molar-refractivity contribution in [2.45, 2.75) is 20.3 Å². The maximum Gasteiger partial charge on any atom is 0.309 e. The first-order valence-corrected chi connectivity index (χ1v) is 8.03. The molecule has 0 aliphatic rings. The zero-order valence-electron chi connectivity index (χ0n) is 14.3. The van der Waals surface area contributed by atoms with Crippen LogP contribution in [0.1, 0.15) is 46.5 Å². The number of aliphatic carboxylic acids is 1. The zero-order valence-corrected chi connectivity index (χ0v) is 14.3. The van der Waals surface area contributed by atoms with Crippen LogP contribution in [-0.2, 0) is 4.79 Å². The molecule has 0 saturated heterocycles. The Morgan fingerprint density at radius 2 is 1.48 bits per heavy atom. The maximum atomic E-state index is 12.6. The van der Waals surface area contributed by atoms with E-state index >= 15 is 0 Å². The maximum absolute atomic E-state index is 12.6. The quantitative estimate of drug-likeness (QED) is 0.759. The number of hydrogen-bond donors (Lipinski definition) is 2. The molecule has 2 aromatic carbocycles.